The van der Waals surface area contributed by atoms with Crippen molar-refractivity contribution < 1.29 is 9.66 Å². The van der Waals surface area contributed by atoms with Crippen LogP contribution < -0.4 is 10.5 Å². The van der Waals surface area contributed by atoms with Gasteiger partial charge in [-0.15, -0.1) is 0 Å². The standard InChI is InChI=1S/C14H9N5O3/c1-16-11-10(8-4-6-9(7-5-8)19(20)21)12(17-2)14(22-3)18-13(11)15/h4-7H,3H3,(H2,15,18). The van der Waals surface area contributed by atoms with E-state index < -0.39 is 4.92 Å². The van der Waals surface area contributed by atoms with E-state index in [2.05, 4.69) is 14.7 Å². The minimum atomic E-state index is -0.531. The average molecular weight is 295 g/mol. The summed E-state index contributed by atoms with van der Waals surface area (Å²) in [5.74, 6) is -0.0548. The summed E-state index contributed by atoms with van der Waals surface area (Å²) in [6, 6.07) is 5.49. The number of aromatic nitrogens is 1. The highest BCUT2D eigenvalue weighted by molar-refractivity contribution is 5.96. The van der Waals surface area contributed by atoms with Crippen LogP contribution in [0.25, 0.3) is 20.8 Å². The number of methoxy groups -OCH3 is 1. The number of nitrogen functional groups attached to an aromatic ring is 1. The first kappa shape index (κ1) is 14.8. The van der Waals surface area contributed by atoms with Gasteiger partial charge < -0.3 is 10.5 Å². The fourth-order valence-corrected chi connectivity index (χ4v) is 1.94. The van der Waals surface area contributed by atoms with Crippen LogP contribution in [0.1, 0.15) is 0 Å². The van der Waals surface area contributed by atoms with Crippen LogP contribution in [-0.4, -0.2) is 17.0 Å². The molecule has 108 valence electrons. The number of benzene rings is 1. The van der Waals surface area contributed by atoms with Crippen LogP contribution in [0.2, 0.25) is 0 Å². The van der Waals surface area contributed by atoms with E-state index in [0.29, 0.717) is 5.56 Å². The maximum absolute atomic E-state index is 10.7. The highest BCUT2D eigenvalue weighted by Gasteiger charge is 2.21. The quantitative estimate of drug-likeness (QED) is 0.531. The molecule has 0 amide bonds. The van der Waals surface area contributed by atoms with Crippen LogP contribution in [0.3, 0.4) is 0 Å². The van der Waals surface area contributed by atoms with E-state index in [-0.39, 0.29) is 34.3 Å². The van der Waals surface area contributed by atoms with Crippen molar-refractivity contribution in [2.45, 2.75) is 0 Å². The van der Waals surface area contributed by atoms with Gasteiger partial charge in [0.15, 0.2) is 0 Å². The lowest BCUT2D eigenvalue weighted by molar-refractivity contribution is -0.384. The van der Waals surface area contributed by atoms with E-state index in [0.717, 1.165) is 0 Å². The molecule has 0 aliphatic carbocycles. The first-order chi connectivity index (χ1) is 10.5. The maximum atomic E-state index is 10.7. The summed E-state index contributed by atoms with van der Waals surface area (Å²) in [5, 5.41) is 10.7. The summed E-state index contributed by atoms with van der Waals surface area (Å²) in [6.07, 6.45) is 0. The fraction of sp³-hybridized carbons (Fsp3) is 0.0714. The highest BCUT2D eigenvalue weighted by atomic mass is 16.6. The molecule has 8 heteroatoms. The molecular formula is C14H9N5O3. The Kier molecular flexibility index (Phi) is 3.87. The molecule has 0 aliphatic heterocycles. The number of hydrogen-bond acceptors (Lipinski definition) is 5. The fourth-order valence-electron chi connectivity index (χ4n) is 1.94. The maximum Gasteiger partial charge on any atom is 0.269 e. The van der Waals surface area contributed by atoms with Crippen molar-refractivity contribution in [3.8, 4) is 17.0 Å². The number of anilines is 1. The van der Waals surface area contributed by atoms with E-state index >= 15 is 0 Å². The lowest BCUT2D eigenvalue weighted by Crippen LogP contribution is -1.97. The lowest BCUT2D eigenvalue weighted by Gasteiger charge is -2.12. The van der Waals surface area contributed by atoms with Crippen LogP contribution in [-0.2, 0) is 0 Å². The van der Waals surface area contributed by atoms with Gasteiger partial charge in [0.25, 0.3) is 5.69 Å². The van der Waals surface area contributed by atoms with E-state index in [1.807, 2.05) is 0 Å². The van der Waals surface area contributed by atoms with Crippen molar-refractivity contribution >= 4 is 22.9 Å². The smallest absolute Gasteiger partial charge is 0.269 e. The normalized spacial score (nSPS) is 9.59. The Morgan fingerprint density at radius 2 is 1.82 bits per heavy atom. The number of nitro groups is 1. The second kappa shape index (κ2) is 5.77. The van der Waals surface area contributed by atoms with Crippen LogP contribution in [0.4, 0.5) is 22.9 Å². The summed E-state index contributed by atoms with van der Waals surface area (Å²) in [6.45, 7) is 14.5. The zero-order valence-corrected chi connectivity index (χ0v) is 11.4. The molecule has 22 heavy (non-hydrogen) atoms. The molecule has 0 atom stereocenters. The zero-order chi connectivity index (χ0) is 16.3. The molecule has 1 aromatic carbocycles. The molecule has 0 unspecified atom stereocenters. The zero-order valence-electron chi connectivity index (χ0n) is 11.4. The third-order valence-corrected chi connectivity index (χ3v) is 2.92. The van der Waals surface area contributed by atoms with Gasteiger partial charge in [-0.1, -0.05) is 12.1 Å². The average Bonchev–Trinajstić information content (AvgIpc) is 2.53. The Bertz CT molecular complexity index is 832. The Morgan fingerprint density at radius 1 is 1.23 bits per heavy atom. The van der Waals surface area contributed by atoms with E-state index in [4.69, 9.17) is 23.6 Å². The van der Waals surface area contributed by atoms with Crippen LogP contribution in [0.15, 0.2) is 24.3 Å². The molecule has 2 N–H and O–H groups in total. The first-order valence-corrected chi connectivity index (χ1v) is 5.90. The van der Waals surface area contributed by atoms with E-state index in [9.17, 15) is 10.1 Å². The number of nitrogens with two attached hydrogens (primary N) is 1. The Balaban J connectivity index is 2.78. The molecule has 1 aromatic heterocycles. The second-order valence-corrected chi connectivity index (χ2v) is 4.11. The second-order valence-electron chi connectivity index (χ2n) is 4.11. The molecule has 0 aliphatic rings. The van der Waals surface area contributed by atoms with E-state index in [1.54, 1.807) is 0 Å². The number of pyridine rings is 1. The monoisotopic (exact) mass is 295 g/mol. The van der Waals surface area contributed by atoms with E-state index in [1.165, 1.54) is 31.4 Å². The van der Waals surface area contributed by atoms with Crippen molar-refractivity contribution in [1.82, 2.24) is 4.98 Å². The Morgan fingerprint density at radius 3 is 2.27 bits per heavy atom. The van der Waals surface area contributed by atoms with Gasteiger partial charge in [0.05, 0.1) is 25.2 Å². The van der Waals surface area contributed by atoms with Gasteiger partial charge in [0.1, 0.15) is 5.82 Å². The van der Waals surface area contributed by atoms with Crippen LogP contribution in [0, 0.1) is 23.3 Å². The molecule has 2 rings (SSSR count). The largest absolute Gasteiger partial charge is 0.490 e. The van der Waals surface area contributed by atoms with Gasteiger partial charge in [-0.2, -0.15) is 0 Å². The highest BCUT2D eigenvalue weighted by Crippen LogP contribution is 2.46. The topological polar surface area (TPSA) is 100 Å². The lowest BCUT2D eigenvalue weighted by atomic mass is 10.0. The number of hydrogen-bond donors (Lipinski definition) is 1. The predicted octanol–water partition coefficient (Wildman–Crippen LogP) is 3.35. The summed E-state index contributed by atoms with van der Waals surface area (Å²) < 4.78 is 5.02. The van der Waals surface area contributed by atoms with Gasteiger partial charge in [-0.3, -0.25) is 10.1 Å². The van der Waals surface area contributed by atoms with Gasteiger partial charge in [-0.05, 0) is 5.56 Å². The number of nitrogens with zero attached hydrogens (tertiary/aromatic N) is 4. The van der Waals surface area contributed by atoms with Crippen molar-refractivity contribution in [3.05, 3.63) is 57.2 Å². The molecule has 0 saturated heterocycles. The number of non-ortho nitro benzene ring substituents is 1. The summed E-state index contributed by atoms with van der Waals surface area (Å²) in [5.41, 5.74) is 6.40. The number of nitro benzene ring substituents is 1. The minimum Gasteiger partial charge on any atom is -0.490 e. The van der Waals surface area contributed by atoms with Crippen molar-refractivity contribution in [1.29, 1.82) is 0 Å². The third kappa shape index (κ3) is 2.37. The minimum absolute atomic E-state index is 0.00764. The van der Waals surface area contributed by atoms with Gasteiger partial charge in [0, 0.05) is 17.7 Å². The molecule has 1 heterocycles. The van der Waals surface area contributed by atoms with Gasteiger partial charge in [0.2, 0.25) is 17.3 Å². The summed E-state index contributed by atoms with van der Waals surface area (Å²) in [4.78, 5) is 20.7. The molecule has 0 saturated carbocycles. The first-order valence-electron chi connectivity index (χ1n) is 5.90. The SMILES string of the molecule is [C-]#[N+]c1c(N)nc(OC)c([N+]#[C-])c1-c1ccc([N+](=O)[O-])cc1. The van der Waals surface area contributed by atoms with Gasteiger partial charge in [-0.25, -0.2) is 14.7 Å². The van der Waals surface area contributed by atoms with Crippen molar-refractivity contribution in [3.63, 3.8) is 0 Å². The van der Waals surface area contributed by atoms with Crippen LogP contribution in [0.5, 0.6) is 5.88 Å². The molecule has 0 bridgehead atoms. The Labute approximate surface area is 125 Å². The van der Waals surface area contributed by atoms with Crippen LogP contribution >= 0.6 is 0 Å². The molecule has 2 aromatic rings. The molecule has 0 spiro atoms. The Hall–Kier alpha value is -3.65. The summed E-state index contributed by atoms with van der Waals surface area (Å²) >= 11 is 0. The molecule has 0 radical (unpaired) electrons. The molecule has 0 fully saturated rings. The third-order valence-electron chi connectivity index (χ3n) is 2.92. The molecular weight excluding hydrogens is 286 g/mol. The number of ether oxygens (including phenoxy) is 1. The summed E-state index contributed by atoms with van der Waals surface area (Å²) in [7, 11) is 1.34. The molecule has 8 nitrogen and oxygen atoms in total. The number of rotatable bonds is 3. The van der Waals surface area contributed by atoms with Crippen molar-refractivity contribution in [2.75, 3.05) is 12.8 Å². The van der Waals surface area contributed by atoms with Crippen molar-refractivity contribution in [2.24, 2.45) is 0 Å². The predicted molar refractivity (Wildman–Crippen MR) is 79.8 cm³/mol. The van der Waals surface area contributed by atoms with Gasteiger partial charge >= 0.3 is 0 Å².